The number of ether oxygens (including phenoxy) is 1. The van der Waals surface area contributed by atoms with E-state index in [1.807, 2.05) is 49.6 Å². The number of aryl methyl sites for hydroxylation is 1. The summed E-state index contributed by atoms with van der Waals surface area (Å²) >= 11 is 1.29. The number of nitrogens with one attached hydrogen (secondary N) is 2. The number of nitrogens with zero attached hydrogens (tertiary/aromatic N) is 3. The molecule has 0 saturated heterocycles. The van der Waals surface area contributed by atoms with Gasteiger partial charge in [0, 0.05) is 17.8 Å². The first-order valence-electron chi connectivity index (χ1n) is 11.3. The smallest absolute Gasteiger partial charge is 0.251 e. The Morgan fingerprint density at radius 1 is 1.11 bits per heavy atom. The number of methoxy groups -OCH3 is 1. The minimum absolute atomic E-state index is 0.0487. The Hall–Kier alpha value is -3.59. The van der Waals surface area contributed by atoms with E-state index in [1.165, 1.54) is 11.8 Å². The molecule has 0 aliphatic carbocycles. The summed E-state index contributed by atoms with van der Waals surface area (Å²) in [5.41, 5.74) is 2.39. The van der Waals surface area contributed by atoms with Crippen molar-refractivity contribution in [2.24, 2.45) is 5.92 Å². The lowest BCUT2D eigenvalue weighted by atomic mass is 10.0. The van der Waals surface area contributed by atoms with Gasteiger partial charge in [0.15, 0.2) is 11.0 Å². The molecule has 0 radical (unpaired) electrons. The van der Waals surface area contributed by atoms with Gasteiger partial charge in [-0.05, 0) is 49.2 Å². The molecule has 3 rings (SSSR count). The fourth-order valence-corrected chi connectivity index (χ4v) is 4.15. The van der Waals surface area contributed by atoms with E-state index in [-0.39, 0.29) is 29.5 Å². The molecule has 9 heteroatoms. The van der Waals surface area contributed by atoms with Gasteiger partial charge in [-0.1, -0.05) is 49.4 Å². The van der Waals surface area contributed by atoms with Gasteiger partial charge in [-0.25, -0.2) is 0 Å². The van der Waals surface area contributed by atoms with Crippen molar-refractivity contribution in [2.45, 2.75) is 38.5 Å². The van der Waals surface area contributed by atoms with Crippen molar-refractivity contribution in [1.82, 2.24) is 20.1 Å². The summed E-state index contributed by atoms with van der Waals surface area (Å²) in [5.74, 6) is 1.16. The molecule has 1 unspecified atom stereocenters. The average Bonchev–Trinajstić information content (AvgIpc) is 3.24. The summed E-state index contributed by atoms with van der Waals surface area (Å²) in [6.07, 6.45) is 1.74. The number of rotatable bonds is 11. The largest absolute Gasteiger partial charge is 0.497 e. The molecule has 0 spiro atoms. The van der Waals surface area contributed by atoms with Gasteiger partial charge in [-0.15, -0.1) is 16.8 Å². The van der Waals surface area contributed by atoms with E-state index < -0.39 is 0 Å². The second kappa shape index (κ2) is 12.2. The predicted molar refractivity (Wildman–Crippen MR) is 139 cm³/mol. The van der Waals surface area contributed by atoms with Crippen LogP contribution in [0.5, 0.6) is 5.75 Å². The van der Waals surface area contributed by atoms with Gasteiger partial charge >= 0.3 is 0 Å². The summed E-state index contributed by atoms with van der Waals surface area (Å²) in [4.78, 5) is 25.4. The summed E-state index contributed by atoms with van der Waals surface area (Å²) in [6, 6.07) is 14.2. The minimum Gasteiger partial charge on any atom is -0.497 e. The fourth-order valence-electron chi connectivity index (χ4n) is 3.40. The molecule has 0 aliphatic heterocycles. The number of allylic oxidation sites excluding steroid dienone is 1. The molecule has 35 heavy (non-hydrogen) atoms. The topological polar surface area (TPSA) is 98.1 Å². The Balaban J connectivity index is 1.73. The van der Waals surface area contributed by atoms with Gasteiger partial charge < -0.3 is 19.9 Å². The second-order valence-electron chi connectivity index (χ2n) is 8.37. The van der Waals surface area contributed by atoms with Crippen LogP contribution in [0.4, 0.5) is 5.69 Å². The Bertz CT molecular complexity index is 1160. The average molecular weight is 494 g/mol. The number of hydrogen-bond acceptors (Lipinski definition) is 6. The number of amides is 2. The van der Waals surface area contributed by atoms with E-state index in [2.05, 4.69) is 27.4 Å². The number of thioether (sulfide) groups is 1. The van der Waals surface area contributed by atoms with Crippen molar-refractivity contribution in [1.29, 1.82) is 0 Å². The Morgan fingerprint density at radius 2 is 1.80 bits per heavy atom. The predicted octanol–water partition coefficient (Wildman–Crippen LogP) is 4.64. The maximum absolute atomic E-state index is 12.9. The number of aromatic nitrogens is 3. The first kappa shape index (κ1) is 26.0. The van der Waals surface area contributed by atoms with Crippen molar-refractivity contribution in [3.05, 3.63) is 78.1 Å². The second-order valence-corrected chi connectivity index (χ2v) is 9.31. The molecule has 8 nitrogen and oxygen atoms in total. The van der Waals surface area contributed by atoms with Gasteiger partial charge in [-0.2, -0.15) is 0 Å². The summed E-state index contributed by atoms with van der Waals surface area (Å²) < 4.78 is 7.05. The SMILES string of the molecule is C=CCn1c(SCC(=O)Nc2ccc(C)cc2)nnc1C(NC(=O)c1ccc(OC)cc1)C(C)C. The molecule has 2 aromatic carbocycles. The van der Waals surface area contributed by atoms with Gasteiger partial charge in [0.05, 0.1) is 18.9 Å². The Kier molecular flexibility index (Phi) is 9.08. The lowest BCUT2D eigenvalue weighted by Crippen LogP contribution is -2.33. The van der Waals surface area contributed by atoms with Crippen LogP contribution < -0.4 is 15.4 Å². The summed E-state index contributed by atoms with van der Waals surface area (Å²) in [5, 5.41) is 15.2. The van der Waals surface area contributed by atoms with E-state index in [0.29, 0.717) is 28.8 Å². The number of anilines is 1. The maximum Gasteiger partial charge on any atom is 0.251 e. The van der Waals surface area contributed by atoms with Crippen LogP contribution in [0.2, 0.25) is 0 Å². The maximum atomic E-state index is 12.9. The number of benzene rings is 2. The highest BCUT2D eigenvalue weighted by Crippen LogP contribution is 2.26. The van der Waals surface area contributed by atoms with Crippen molar-refractivity contribution in [3.8, 4) is 5.75 Å². The molecule has 0 saturated carbocycles. The highest BCUT2D eigenvalue weighted by atomic mass is 32.2. The lowest BCUT2D eigenvalue weighted by molar-refractivity contribution is -0.113. The van der Waals surface area contributed by atoms with E-state index >= 15 is 0 Å². The van der Waals surface area contributed by atoms with Gasteiger partial charge in [0.2, 0.25) is 5.91 Å². The Labute approximate surface area is 210 Å². The first-order valence-corrected chi connectivity index (χ1v) is 12.3. The molecule has 0 fully saturated rings. The molecular weight excluding hydrogens is 462 g/mol. The molecule has 1 aromatic heterocycles. The molecule has 2 amide bonds. The Morgan fingerprint density at radius 3 is 2.40 bits per heavy atom. The van der Waals surface area contributed by atoms with Gasteiger partial charge in [0.25, 0.3) is 5.91 Å². The third-order valence-corrected chi connectivity index (χ3v) is 6.28. The molecule has 0 bridgehead atoms. The standard InChI is InChI=1S/C26H31N5O3S/c1-6-15-31-24(23(17(2)3)28-25(33)19-9-13-21(34-5)14-10-19)29-30-26(31)35-16-22(32)27-20-11-7-18(4)8-12-20/h6-14,17,23H,1,15-16H2,2-5H3,(H,27,32)(H,28,33). The fraction of sp³-hybridized carbons (Fsp3) is 0.308. The van der Waals surface area contributed by atoms with Gasteiger partial charge in [0.1, 0.15) is 5.75 Å². The highest BCUT2D eigenvalue weighted by molar-refractivity contribution is 7.99. The molecule has 0 aliphatic rings. The highest BCUT2D eigenvalue weighted by Gasteiger charge is 2.26. The van der Waals surface area contributed by atoms with Crippen LogP contribution >= 0.6 is 11.8 Å². The number of carbonyl (C=O) groups excluding carboxylic acids is 2. The monoisotopic (exact) mass is 493 g/mol. The van der Waals surface area contributed by atoms with Crippen LogP contribution in [-0.4, -0.2) is 39.4 Å². The minimum atomic E-state index is -0.382. The van der Waals surface area contributed by atoms with Gasteiger partial charge in [-0.3, -0.25) is 9.59 Å². The van der Waals surface area contributed by atoms with E-state index in [9.17, 15) is 9.59 Å². The van der Waals surface area contributed by atoms with Crippen LogP contribution in [0.15, 0.2) is 66.3 Å². The number of carbonyl (C=O) groups is 2. The van der Waals surface area contributed by atoms with Crippen molar-refractivity contribution >= 4 is 29.3 Å². The molecule has 1 atom stereocenters. The summed E-state index contributed by atoms with van der Waals surface area (Å²) in [7, 11) is 1.58. The van der Waals surface area contributed by atoms with Crippen molar-refractivity contribution < 1.29 is 14.3 Å². The molecule has 1 heterocycles. The van der Waals surface area contributed by atoms with Crippen molar-refractivity contribution in [2.75, 3.05) is 18.2 Å². The molecule has 3 aromatic rings. The van der Waals surface area contributed by atoms with Crippen LogP contribution in [0.3, 0.4) is 0 Å². The van der Waals surface area contributed by atoms with E-state index in [4.69, 9.17) is 4.74 Å². The van der Waals surface area contributed by atoms with Crippen LogP contribution in [0.25, 0.3) is 0 Å². The van der Waals surface area contributed by atoms with Crippen molar-refractivity contribution in [3.63, 3.8) is 0 Å². The third-order valence-electron chi connectivity index (χ3n) is 5.31. The zero-order chi connectivity index (χ0) is 25.4. The molecular formula is C26H31N5O3S. The summed E-state index contributed by atoms with van der Waals surface area (Å²) in [6.45, 7) is 10.3. The van der Waals surface area contributed by atoms with Crippen LogP contribution in [0.1, 0.15) is 41.6 Å². The van der Waals surface area contributed by atoms with E-state index in [1.54, 1.807) is 37.5 Å². The molecule has 184 valence electrons. The van der Waals surface area contributed by atoms with E-state index in [0.717, 1.165) is 11.3 Å². The normalized spacial score (nSPS) is 11.7. The lowest BCUT2D eigenvalue weighted by Gasteiger charge is -2.22. The third kappa shape index (κ3) is 6.95. The quantitative estimate of drug-likeness (QED) is 0.298. The zero-order valence-electron chi connectivity index (χ0n) is 20.4. The zero-order valence-corrected chi connectivity index (χ0v) is 21.3. The first-order chi connectivity index (χ1) is 16.8. The molecule has 2 N–H and O–H groups in total. The number of hydrogen-bond donors (Lipinski definition) is 2. The van der Waals surface area contributed by atoms with Crippen LogP contribution in [-0.2, 0) is 11.3 Å². The van der Waals surface area contributed by atoms with Crippen LogP contribution in [0, 0.1) is 12.8 Å².